The Kier molecular flexibility index (Phi) is 5.83. The summed E-state index contributed by atoms with van der Waals surface area (Å²) >= 11 is 0. The molecule has 0 aliphatic heterocycles. The fourth-order valence-electron chi connectivity index (χ4n) is 3.97. The number of rotatable bonds is 3. The fourth-order valence-corrected chi connectivity index (χ4v) is 3.97. The van der Waals surface area contributed by atoms with Crippen LogP contribution >= 0.6 is 0 Å². The zero-order valence-corrected chi connectivity index (χ0v) is 18.1. The molecule has 0 aromatic heterocycles. The van der Waals surface area contributed by atoms with E-state index in [1.807, 2.05) is 45.4 Å². The van der Waals surface area contributed by atoms with Crippen molar-refractivity contribution in [2.24, 2.45) is 5.92 Å². The summed E-state index contributed by atoms with van der Waals surface area (Å²) in [6, 6.07) is 5.53. The molecule has 0 bridgehead atoms. The SMILES string of the molecule is CC(C)CC1=Cc2c(ccc(C(C)(C)C)c2-c2cc(C(F)(F)F)cc(C(F)(F)F)c2)[CH]1. The molecule has 2 aromatic carbocycles. The van der Waals surface area contributed by atoms with Crippen LogP contribution in [0.1, 0.15) is 68.9 Å². The number of hydrogen-bond donors (Lipinski definition) is 0. The summed E-state index contributed by atoms with van der Waals surface area (Å²) in [5.74, 6) is 0.368. The second-order valence-electron chi connectivity index (χ2n) is 9.50. The number of fused-ring (bicyclic) bond motifs is 1. The topological polar surface area (TPSA) is 0 Å². The van der Waals surface area contributed by atoms with E-state index in [1.54, 1.807) is 0 Å². The molecular formula is C25H25F6. The first-order valence-corrected chi connectivity index (χ1v) is 10.1. The van der Waals surface area contributed by atoms with E-state index in [-0.39, 0.29) is 11.6 Å². The molecule has 0 heterocycles. The van der Waals surface area contributed by atoms with Gasteiger partial charge in [-0.2, -0.15) is 26.3 Å². The molecule has 1 aliphatic rings. The minimum absolute atomic E-state index is 0.0700. The molecule has 1 aliphatic carbocycles. The second-order valence-corrected chi connectivity index (χ2v) is 9.50. The van der Waals surface area contributed by atoms with E-state index >= 15 is 0 Å². The third kappa shape index (κ3) is 4.99. The summed E-state index contributed by atoms with van der Waals surface area (Å²) in [5, 5.41) is 0. The van der Waals surface area contributed by atoms with Crippen molar-refractivity contribution in [1.29, 1.82) is 0 Å². The Bertz CT molecular complexity index is 982. The first kappa shape index (κ1) is 23.4. The maximum atomic E-state index is 13.5. The highest BCUT2D eigenvalue weighted by molar-refractivity contribution is 5.86. The normalized spacial score (nSPS) is 14.8. The van der Waals surface area contributed by atoms with Crippen LogP contribution in [0.5, 0.6) is 0 Å². The molecule has 0 spiro atoms. The van der Waals surface area contributed by atoms with Gasteiger partial charge >= 0.3 is 12.4 Å². The van der Waals surface area contributed by atoms with Crippen molar-refractivity contribution in [2.45, 2.75) is 58.8 Å². The van der Waals surface area contributed by atoms with Crippen molar-refractivity contribution >= 4 is 6.08 Å². The quantitative estimate of drug-likeness (QED) is 0.420. The van der Waals surface area contributed by atoms with Crippen LogP contribution in [0.2, 0.25) is 0 Å². The average Bonchev–Trinajstić information content (AvgIpc) is 2.99. The predicted molar refractivity (Wildman–Crippen MR) is 111 cm³/mol. The van der Waals surface area contributed by atoms with Gasteiger partial charge in [0.05, 0.1) is 11.1 Å². The molecule has 0 nitrogen and oxygen atoms in total. The zero-order chi connectivity index (χ0) is 23.4. The van der Waals surface area contributed by atoms with Crippen molar-refractivity contribution in [1.82, 2.24) is 0 Å². The maximum Gasteiger partial charge on any atom is 0.416 e. The lowest BCUT2D eigenvalue weighted by atomic mass is 9.78. The van der Waals surface area contributed by atoms with E-state index in [0.717, 1.165) is 29.7 Å². The lowest BCUT2D eigenvalue weighted by Crippen LogP contribution is -2.15. The lowest BCUT2D eigenvalue weighted by molar-refractivity contribution is -0.143. The van der Waals surface area contributed by atoms with Gasteiger partial charge in [-0.05, 0) is 63.8 Å². The molecule has 3 rings (SSSR count). The van der Waals surface area contributed by atoms with E-state index < -0.39 is 28.9 Å². The van der Waals surface area contributed by atoms with Crippen LogP contribution in [-0.2, 0) is 17.8 Å². The molecule has 0 atom stereocenters. The average molecular weight is 439 g/mol. The third-order valence-electron chi connectivity index (χ3n) is 5.28. The van der Waals surface area contributed by atoms with Gasteiger partial charge in [0.1, 0.15) is 0 Å². The predicted octanol–water partition coefficient (Wildman–Crippen LogP) is 8.68. The van der Waals surface area contributed by atoms with E-state index in [9.17, 15) is 26.3 Å². The Hall–Kier alpha value is -2.24. The number of allylic oxidation sites excluding steroid dienone is 1. The summed E-state index contributed by atoms with van der Waals surface area (Å²) in [6.07, 6.45) is -5.15. The van der Waals surface area contributed by atoms with Crippen molar-refractivity contribution in [3.63, 3.8) is 0 Å². The van der Waals surface area contributed by atoms with E-state index in [1.165, 1.54) is 0 Å². The highest BCUT2D eigenvalue weighted by atomic mass is 19.4. The number of halogens is 6. The summed E-state index contributed by atoms with van der Waals surface area (Å²) in [5.41, 5.74) is 0.475. The Balaban J connectivity index is 2.35. The number of alkyl halides is 6. The van der Waals surface area contributed by atoms with Crippen molar-refractivity contribution < 1.29 is 26.3 Å². The summed E-state index contributed by atoms with van der Waals surface area (Å²) in [6.45, 7) is 9.80. The summed E-state index contributed by atoms with van der Waals surface area (Å²) in [7, 11) is 0. The largest absolute Gasteiger partial charge is 0.416 e. The number of benzene rings is 2. The Morgan fingerprint density at radius 2 is 1.35 bits per heavy atom. The lowest BCUT2D eigenvalue weighted by Gasteiger charge is -2.26. The molecule has 2 aromatic rings. The standard InChI is InChI=1S/C25H25F6/c1-14(2)8-15-9-16-6-7-21(23(3,4)5)22(20(16)10-15)17-11-18(24(26,27)28)13-19(12-17)25(29,30)31/h6-7,9-14H,8H2,1-5H3. The Morgan fingerprint density at radius 3 is 1.81 bits per heavy atom. The molecule has 31 heavy (non-hydrogen) atoms. The van der Waals surface area contributed by atoms with Crippen molar-refractivity contribution in [3.8, 4) is 11.1 Å². The van der Waals surface area contributed by atoms with Gasteiger partial charge in [0.25, 0.3) is 0 Å². The molecule has 0 N–H and O–H groups in total. The molecular weight excluding hydrogens is 414 g/mol. The van der Waals surface area contributed by atoms with Gasteiger partial charge in [-0.1, -0.05) is 58.4 Å². The van der Waals surface area contributed by atoms with E-state index in [4.69, 9.17) is 0 Å². The van der Waals surface area contributed by atoms with Crippen LogP contribution in [0.3, 0.4) is 0 Å². The molecule has 0 amide bonds. The summed E-state index contributed by atoms with van der Waals surface area (Å²) in [4.78, 5) is 0. The van der Waals surface area contributed by atoms with Gasteiger partial charge in [0, 0.05) is 6.42 Å². The highest BCUT2D eigenvalue weighted by Crippen LogP contribution is 2.45. The minimum atomic E-state index is -4.89. The molecule has 6 heteroatoms. The first-order valence-electron chi connectivity index (χ1n) is 10.1. The van der Waals surface area contributed by atoms with Gasteiger partial charge in [-0.3, -0.25) is 0 Å². The molecule has 0 saturated heterocycles. The second kappa shape index (κ2) is 7.72. The first-order chi connectivity index (χ1) is 14.1. The summed E-state index contributed by atoms with van der Waals surface area (Å²) < 4.78 is 80.9. The van der Waals surface area contributed by atoms with Gasteiger partial charge in [-0.15, -0.1) is 0 Å². The zero-order valence-electron chi connectivity index (χ0n) is 18.1. The Morgan fingerprint density at radius 1 is 0.806 bits per heavy atom. The maximum absolute atomic E-state index is 13.5. The van der Waals surface area contributed by atoms with Gasteiger partial charge in [0.2, 0.25) is 0 Å². The van der Waals surface area contributed by atoms with Crippen LogP contribution in [0.25, 0.3) is 17.2 Å². The van der Waals surface area contributed by atoms with Crippen LogP contribution in [0, 0.1) is 12.3 Å². The van der Waals surface area contributed by atoms with Crippen LogP contribution < -0.4 is 0 Å². The van der Waals surface area contributed by atoms with Gasteiger partial charge in [0.15, 0.2) is 0 Å². The molecule has 167 valence electrons. The molecule has 0 unspecified atom stereocenters. The van der Waals surface area contributed by atoms with Crippen LogP contribution in [0.4, 0.5) is 26.3 Å². The highest BCUT2D eigenvalue weighted by Gasteiger charge is 2.38. The number of hydrogen-bond acceptors (Lipinski definition) is 0. The van der Waals surface area contributed by atoms with Gasteiger partial charge < -0.3 is 0 Å². The van der Waals surface area contributed by atoms with Crippen LogP contribution in [0.15, 0.2) is 35.9 Å². The van der Waals surface area contributed by atoms with E-state index in [2.05, 4.69) is 13.8 Å². The monoisotopic (exact) mass is 439 g/mol. The fraction of sp³-hybridized carbons (Fsp3) is 0.400. The molecule has 1 radical (unpaired) electrons. The van der Waals surface area contributed by atoms with Crippen molar-refractivity contribution in [2.75, 3.05) is 0 Å². The molecule has 0 fully saturated rings. The third-order valence-corrected chi connectivity index (χ3v) is 5.28. The minimum Gasteiger partial charge on any atom is -0.166 e. The van der Waals surface area contributed by atoms with Crippen molar-refractivity contribution in [3.05, 3.63) is 70.1 Å². The smallest absolute Gasteiger partial charge is 0.166 e. The molecule has 0 saturated carbocycles. The van der Waals surface area contributed by atoms with Crippen LogP contribution in [-0.4, -0.2) is 0 Å². The van der Waals surface area contributed by atoms with Gasteiger partial charge in [-0.25, -0.2) is 0 Å². The van der Waals surface area contributed by atoms with E-state index in [0.29, 0.717) is 22.6 Å². The Labute approximate surface area is 179 Å².